The highest BCUT2D eigenvalue weighted by Crippen LogP contribution is 2.26. The largest absolute Gasteiger partial charge is 0.348 e. The molecule has 3 rings (SSSR count). The number of piperazine rings is 1. The first-order valence-corrected chi connectivity index (χ1v) is 10.6. The maximum absolute atomic E-state index is 12.8. The SMILES string of the molecule is C[C@@H](C(=O)NC1CC1)[NH+]1CCN(S(=O)(=O)c2ccc(Cl)c(Cl)c2)CC1. The smallest absolute Gasteiger partial charge is 0.278 e. The Morgan fingerprint density at radius 1 is 1.24 bits per heavy atom. The van der Waals surface area contributed by atoms with Crippen LogP contribution in [0.1, 0.15) is 19.8 Å². The molecular formula is C16H22Cl2N3O3S+. The van der Waals surface area contributed by atoms with Crippen molar-refractivity contribution in [2.75, 3.05) is 26.2 Å². The highest BCUT2D eigenvalue weighted by atomic mass is 35.5. The van der Waals surface area contributed by atoms with E-state index in [1.54, 1.807) is 0 Å². The van der Waals surface area contributed by atoms with Gasteiger partial charge in [-0.25, -0.2) is 8.42 Å². The molecule has 1 aliphatic heterocycles. The molecule has 1 saturated heterocycles. The van der Waals surface area contributed by atoms with Gasteiger partial charge in [0.25, 0.3) is 5.91 Å². The summed E-state index contributed by atoms with van der Waals surface area (Å²) in [4.78, 5) is 13.4. The van der Waals surface area contributed by atoms with Crippen LogP contribution in [0.3, 0.4) is 0 Å². The third-order valence-corrected chi connectivity index (χ3v) is 7.46. The molecule has 1 amide bonds. The highest BCUT2D eigenvalue weighted by Gasteiger charge is 2.36. The fourth-order valence-corrected chi connectivity index (χ4v) is 4.80. The van der Waals surface area contributed by atoms with Crippen molar-refractivity contribution >= 4 is 39.1 Å². The number of quaternary nitrogens is 1. The number of carbonyl (C=O) groups excluding carboxylic acids is 1. The van der Waals surface area contributed by atoms with Gasteiger partial charge in [0.1, 0.15) is 0 Å². The van der Waals surface area contributed by atoms with E-state index in [9.17, 15) is 13.2 Å². The molecule has 2 N–H and O–H groups in total. The molecule has 1 aromatic carbocycles. The molecular weight excluding hydrogens is 385 g/mol. The first-order valence-electron chi connectivity index (χ1n) is 8.39. The first-order chi connectivity index (χ1) is 11.8. The Bertz CT molecular complexity index is 760. The van der Waals surface area contributed by atoms with Crippen molar-refractivity contribution in [3.8, 4) is 0 Å². The standard InChI is InChI=1S/C16H21Cl2N3O3S/c1-11(16(22)19-12-2-3-12)20-6-8-21(9-7-20)25(23,24)13-4-5-14(17)15(18)10-13/h4-5,10-12H,2-3,6-9H2,1H3,(H,19,22)/p+1/t11-/m0/s1. The number of sulfonamides is 1. The molecule has 1 aromatic rings. The summed E-state index contributed by atoms with van der Waals surface area (Å²) in [7, 11) is -3.60. The lowest BCUT2D eigenvalue weighted by Gasteiger charge is -2.34. The summed E-state index contributed by atoms with van der Waals surface area (Å²) in [5.41, 5.74) is 0. The van der Waals surface area contributed by atoms with Crippen LogP contribution < -0.4 is 10.2 Å². The maximum Gasteiger partial charge on any atom is 0.278 e. The van der Waals surface area contributed by atoms with Gasteiger partial charge in [-0.15, -0.1) is 0 Å². The number of rotatable bonds is 5. The summed E-state index contributed by atoms with van der Waals surface area (Å²) in [6.45, 7) is 3.84. The van der Waals surface area contributed by atoms with Crippen molar-refractivity contribution in [3.63, 3.8) is 0 Å². The topological polar surface area (TPSA) is 70.9 Å². The van der Waals surface area contributed by atoms with Crippen molar-refractivity contribution in [2.45, 2.75) is 36.7 Å². The third-order valence-electron chi connectivity index (χ3n) is 4.82. The average molecular weight is 407 g/mol. The second kappa shape index (κ2) is 7.40. The second-order valence-corrected chi connectivity index (χ2v) is 9.40. The molecule has 0 bridgehead atoms. The number of amides is 1. The minimum Gasteiger partial charge on any atom is -0.348 e. The Hall–Kier alpha value is -0.860. The Balaban J connectivity index is 1.62. The minimum absolute atomic E-state index is 0.0540. The summed E-state index contributed by atoms with van der Waals surface area (Å²) in [5, 5.41) is 3.56. The molecule has 1 atom stereocenters. The van der Waals surface area contributed by atoms with E-state index in [2.05, 4.69) is 5.32 Å². The molecule has 1 aliphatic carbocycles. The Morgan fingerprint density at radius 2 is 1.88 bits per heavy atom. The lowest BCUT2D eigenvalue weighted by atomic mass is 10.2. The monoisotopic (exact) mass is 406 g/mol. The van der Waals surface area contributed by atoms with E-state index in [1.807, 2.05) is 6.92 Å². The van der Waals surface area contributed by atoms with Crippen molar-refractivity contribution < 1.29 is 18.1 Å². The lowest BCUT2D eigenvalue weighted by Crippen LogP contribution is -3.19. The first kappa shape index (κ1) is 18.9. The molecule has 0 radical (unpaired) electrons. The van der Waals surface area contributed by atoms with Gasteiger partial charge >= 0.3 is 0 Å². The summed E-state index contributed by atoms with van der Waals surface area (Å²) < 4.78 is 26.9. The van der Waals surface area contributed by atoms with Gasteiger partial charge in [-0.2, -0.15) is 4.31 Å². The summed E-state index contributed by atoms with van der Waals surface area (Å²) in [6, 6.07) is 4.50. The van der Waals surface area contributed by atoms with Crippen LogP contribution in [0.25, 0.3) is 0 Å². The molecule has 25 heavy (non-hydrogen) atoms. The zero-order valence-corrected chi connectivity index (χ0v) is 16.3. The quantitative estimate of drug-likeness (QED) is 0.749. The number of halogens is 2. The van der Waals surface area contributed by atoms with Gasteiger partial charge in [0.05, 0.1) is 41.1 Å². The number of hydrogen-bond acceptors (Lipinski definition) is 3. The zero-order valence-electron chi connectivity index (χ0n) is 14.0. The molecule has 0 spiro atoms. The van der Waals surface area contributed by atoms with Crippen molar-refractivity contribution in [1.29, 1.82) is 0 Å². The Kier molecular flexibility index (Phi) is 5.60. The number of nitrogens with zero attached hydrogens (tertiary/aromatic N) is 1. The van der Waals surface area contributed by atoms with Crippen molar-refractivity contribution in [1.82, 2.24) is 9.62 Å². The number of carbonyl (C=O) groups is 1. The summed E-state index contributed by atoms with van der Waals surface area (Å²) in [6.07, 6.45) is 2.12. The van der Waals surface area contributed by atoms with Gasteiger partial charge in [-0.1, -0.05) is 23.2 Å². The molecule has 1 heterocycles. The van der Waals surface area contributed by atoms with Crippen LogP contribution in [0.2, 0.25) is 10.0 Å². The number of nitrogens with one attached hydrogen (secondary N) is 2. The number of benzene rings is 1. The van der Waals surface area contributed by atoms with Gasteiger partial charge in [-0.05, 0) is 38.0 Å². The van der Waals surface area contributed by atoms with Crippen LogP contribution in [0.15, 0.2) is 23.1 Å². The molecule has 2 aliphatic rings. The summed E-state index contributed by atoms with van der Waals surface area (Å²) in [5.74, 6) is 0.0540. The second-order valence-electron chi connectivity index (χ2n) is 6.64. The van der Waals surface area contributed by atoms with Crippen molar-refractivity contribution in [3.05, 3.63) is 28.2 Å². The van der Waals surface area contributed by atoms with Crippen LogP contribution in [0.4, 0.5) is 0 Å². The van der Waals surface area contributed by atoms with Gasteiger partial charge in [-0.3, -0.25) is 4.79 Å². The molecule has 6 nitrogen and oxygen atoms in total. The fourth-order valence-electron chi connectivity index (χ4n) is 2.97. The summed E-state index contributed by atoms with van der Waals surface area (Å²) >= 11 is 11.8. The van der Waals surface area contributed by atoms with E-state index in [1.165, 1.54) is 22.5 Å². The normalized spacial score (nSPS) is 21.1. The van der Waals surface area contributed by atoms with Crippen LogP contribution in [-0.4, -0.2) is 56.9 Å². The minimum atomic E-state index is -3.60. The van der Waals surface area contributed by atoms with Crippen LogP contribution >= 0.6 is 23.2 Å². The Labute approximate surface area is 158 Å². The van der Waals surface area contributed by atoms with E-state index in [0.29, 0.717) is 37.2 Å². The Morgan fingerprint density at radius 3 is 2.44 bits per heavy atom. The van der Waals surface area contributed by atoms with Gasteiger partial charge in [0.2, 0.25) is 10.0 Å². The molecule has 2 fully saturated rings. The average Bonchev–Trinajstić information content (AvgIpc) is 3.40. The zero-order chi connectivity index (χ0) is 18.2. The van der Waals surface area contributed by atoms with Gasteiger partial charge in [0, 0.05) is 6.04 Å². The predicted molar refractivity (Wildman–Crippen MR) is 96.5 cm³/mol. The predicted octanol–water partition coefficient (Wildman–Crippen LogP) is 0.550. The van der Waals surface area contributed by atoms with Crippen molar-refractivity contribution in [2.24, 2.45) is 0 Å². The molecule has 9 heteroatoms. The maximum atomic E-state index is 12.8. The highest BCUT2D eigenvalue weighted by molar-refractivity contribution is 7.89. The van der Waals surface area contributed by atoms with Gasteiger partial charge < -0.3 is 10.2 Å². The molecule has 0 aromatic heterocycles. The van der Waals surface area contributed by atoms with E-state index in [-0.39, 0.29) is 21.9 Å². The van der Waals surface area contributed by atoms with Crippen LogP contribution in [0.5, 0.6) is 0 Å². The van der Waals surface area contributed by atoms with Gasteiger partial charge in [0.15, 0.2) is 6.04 Å². The van der Waals surface area contributed by atoms with Crippen LogP contribution in [-0.2, 0) is 14.8 Å². The molecule has 0 unspecified atom stereocenters. The third kappa shape index (κ3) is 4.28. The molecule has 1 saturated carbocycles. The van der Waals surface area contributed by atoms with Crippen LogP contribution in [0, 0.1) is 0 Å². The van der Waals surface area contributed by atoms with E-state index >= 15 is 0 Å². The van der Waals surface area contributed by atoms with E-state index < -0.39 is 10.0 Å². The lowest BCUT2D eigenvalue weighted by molar-refractivity contribution is -0.917. The fraction of sp³-hybridized carbons (Fsp3) is 0.562. The van der Waals surface area contributed by atoms with E-state index in [0.717, 1.165) is 17.7 Å². The number of hydrogen-bond donors (Lipinski definition) is 2. The van der Waals surface area contributed by atoms with E-state index in [4.69, 9.17) is 23.2 Å². The molecule has 138 valence electrons.